The van der Waals surface area contributed by atoms with E-state index in [-0.39, 0.29) is 5.41 Å². The van der Waals surface area contributed by atoms with Crippen molar-refractivity contribution in [1.82, 2.24) is 4.98 Å². The van der Waals surface area contributed by atoms with Gasteiger partial charge in [-0.3, -0.25) is 0 Å². The molecule has 15 heavy (non-hydrogen) atoms. The van der Waals surface area contributed by atoms with Crippen LogP contribution in [0.25, 0.3) is 0 Å². The molecule has 0 bridgehead atoms. The van der Waals surface area contributed by atoms with E-state index in [1.165, 1.54) is 9.88 Å². The maximum Gasteiger partial charge on any atom is 0.0931 e. The number of nitrogens with zero attached hydrogens (tertiary/aromatic N) is 1. The van der Waals surface area contributed by atoms with Crippen LogP contribution in [0.15, 0.2) is 0 Å². The summed E-state index contributed by atoms with van der Waals surface area (Å²) in [6.45, 7) is 6.46. The summed E-state index contributed by atoms with van der Waals surface area (Å²) in [6, 6.07) is 0. The third kappa shape index (κ3) is 1.82. The largest absolute Gasteiger partial charge is 0.379 e. The predicted molar refractivity (Wildman–Crippen MR) is 62.4 cm³/mol. The minimum absolute atomic E-state index is 0.0771. The van der Waals surface area contributed by atoms with Crippen LogP contribution in [0.1, 0.15) is 28.9 Å². The maximum absolute atomic E-state index is 5.85. The summed E-state index contributed by atoms with van der Waals surface area (Å²) in [6.07, 6.45) is 2.23. The summed E-state index contributed by atoms with van der Waals surface area (Å²) < 4.78 is 5.31. The Kier molecular flexibility index (Phi) is 3.09. The van der Waals surface area contributed by atoms with Crippen molar-refractivity contribution in [2.24, 2.45) is 5.73 Å². The lowest BCUT2D eigenvalue weighted by Gasteiger charge is -2.39. The van der Waals surface area contributed by atoms with Crippen LogP contribution < -0.4 is 5.73 Å². The van der Waals surface area contributed by atoms with E-state index in [2.05, 4.69) is 18.8 Å². The van der Waals surface area contributed by atoms with Crippen molar-refractivity contribution < 1.29 is 4.74 Å². The second kappa shape index (κ2) is 4.20. The van der Waals surface area contributed by atoms with Gasteiger partial charge in [-0.15, -0.1) is 11.3 Å². The summed E-state index contributed by atoms with van der Waals surface area (Å²) in [5, 5.41) is 1.24. The number of hydrogen-bond acceptors (Lipinski definition) is 4. The number of aryl methyl sites for hydroxylation is 2. The van der Waals surface area contributed by atoms with Gasteiger partial charge in [0, 0.05) is 11.4 Å². The third-order valence-corrected chi connectivity index (χ3v) is 4.40. The van der Waals surface area contributed by atoms with Crippen molar-refractivity contribution in [2.75, 3.05) is 19.8 Å². The van der Waals surface area contributed by atoms with Crippen molar-refractivity contribution in [3.8, 4) is 0 Å². The van der Waals surface area contributed by atoms with Crippen LogP contribution in [0.4, 0.5) is 0 Å². The standard InChI is InChI=1S/C11H18N2OS/c1-3-4-9-13-8(2)10(15-9)11(5-12)6-14-7-11/h3-7,12H2,1-2H3. The lowest BCUT2D eigenvalue weighted by atomic mass is 9.84. The van der Waals surface area contributed by atoms with Gasteiger partial charge in [-0.25, -0.2) is 4.98 Å². The fraction of sp³-hybridized carbons (Fsp3) is 0.727. The van der Waals surface area contributed by atoms with E-state index in [9.17, 15) is 0 Å². The maximum atomic E-state index is 5.85. The zero-order valence-electron chi connectivity index (χ0n) is 9.38. The molecule has 1 fully saturated rings. The van der Waals surface area contributed by atoms with E-state index in [1.54, 1.807) is 0 Å². The highest BCUT2D eigenvalue weighted by Gasteiger charge is 2.42. The minimum atomic E-state index is 0.0771. The van der Waals surface area contributed by atoms with E-state index in [0.29, 0.717) is 6.54 Å². The number of rotatable bonds is 4. The Morgan fingerprint density at radius 1 is 1.53 bits per heavy atom. The predicted octanol–water partition coefficient (Wildman–Crippen LogP) is 1.63. The molecular weight excluding hydrogens is 208 g/mol. The van der Waals surface area contributed by atoms with Crippen LogP contribution in [0, 0.1) is 6.92 Å². The molecule has 0 amide bonds. The minimum Gasteiger partial charge on any atom is -0.379 e. The molecule has 0 unspecified atom stereocenters. The first-order valence-corrected chi connectivity index (χ1v) is 6.28. The molecule has 2 N–H and O–H groups in total. The van der Waals surface area contributed by atoms with Crippen LogP contribution in [-0.2, 0) is 16.6 Å². The number of ether oxygens (including phenoxy) is 1. The quantitative estimate of drug-likeness (QED) is 0.849. The van der Waals surface area contributed by atoms with Gasteiger partial charge in [-0.2, -0.15) is 0 Å². The SMILES string of the molecule is CCCc1nc(C)c(C2(CN)COC2)s1. The van der Waals surface area contributed by atoms with Gasteiger partial charge in [0.1, 0.15) is 0 Å². The van der Waals surface area contributed by atoms with Crippen molar-refractivity contribution in [2.45, 2.75) is 32.1 Å². The Morgan fingerprint density at radius 3 is 2.73 bits per heavy atom. The molecule has 0 atom stereocenters. The molecule has 0 aliphatic carbocycles. The number of hydrogen-bond donors (Lipinski definition) is 1. The van der Waals surface area contributed by atoms with Crippen molar-refractivity contribution >= 4 is 11.3 Å². The molecule has 0 radical (unpaired) electrons. The lowest BCUT2D eigenvalue weighted by molar-refractivity contribution is -0.0535. The molecular formula is C11H18N2OS. The lowest BCUT2D eigenvalue weighted by Crippen LogP contribution is -2.52. The Bertz CT molecular complexity index is 339. The monoisotopic (exact) mass is 226 g/mol. The Labute approximate surface area is 94.7 Å². The van der Waals surface area contributed by atoms with E-state index in [0.717, 1.165) is 31.7 Å². The first kappa shape index (κ1) is 11.0. The van der Waals surface area contributed by atoms with Gasteiger partial charge in [0.2, 0.25) is 0 Å². The highest BCUT2D eigenvalue weighted by molar-refractivity contribution is 7.12. The summed E-state index contributed by atoms with van der Waals surface area (Å²) in [7, 11) is 0. The normalized spacial score (nSPS) is 18.9. The topological polar surface area (TPSA) is 48.1 Å². The number of thiazole rings is 1. The van der Waals surface area contributed by atoms with Crippen LogP contribution in [-0.4, -0.2) is 24.7 Å². The molecule has 0 saturated carbocycles. The van der Waals surface area contributed by atoms with Crippen molar-refractivity contribution in [3.63, 3.8) is 0 Å². The van der Waals surface area contributed by atoms with Crippen LogP contribution in [0.3, 0.4) is 0 Å². The van der Waals surface area contributed by atoms with Crippen molar-refractivity contribution in [1.29, 1.82) is 0 Å². The Morgan fingerprint density at radius 2 is 2.27 bits per heavy atom. The van der Waals surface area contributed by atoms with E-state index >= 15 is 0 Å². The number of nitrogens with two attached hydrogens (primary N) is 1. The van der Waals surface area contributed by atoms with Crippen LogP contribution in [0.5, 0.6) is 0 Å². The second-order valence-electron chi connectivity index (χ2n) is 4.25. The van der Waals surface area contributed by atoms with Gasteiger partial charge in [-0.1, -0.05) is 6.92 Å². The van der Waals surface area contributed by atoms with Gasteiger partial charge in [-0.05, 0) is 19.8 Å². The van der Waals surface area contributed by atoms with E-state index < -0.39 is 0 Å². The molecule has 0 aromatic carbocycles. The average molecular weight is 226 g/mol. The van der Waals surface area contributed by atoms with E-state index in [1.807, 2.05) is 11.3 Å². The second-order valence-corrected chi connectivity index (χ2v) is 5.33. The molecule has 2 rings (SSSR count). The molecule has 1 aromatic rings. The van der Waals surface area contributed by atoms with Crippen LogP contribution in [0.2, 0.25) is 0 Å². The third-order valence-electron chi connectivity index (χ3n) is 2.93. The molecule has 3 nitrogen and oxygen atoms in total. The molecule has 84 valence electrons. The molecule has 1 aromatic heterocycles. The van der Waals surface area contributed by atoms with Gasteiger partial charge < -0.3 is 10.5 Å². The van der Waals surface area contributed by atoms with Crippen LogP contribution >= 0.6 is 11.3 Å². The zero-order chi connectivity index (χ0) is 10.9. The highest BCUT2D eigenvalue weighted by Crippen LogP contribution is 2.37. The molecule has 0 spiro atoms. The average Bonchev–Trinajstić information content (AvgIpc) is 2.48. The fourth-order valence-electron chi connectivity index (χ4n) is 1.96. The number of aromatic nitrogens is 1. The Hall–Kier alpha value is -0.450. The molecule has 4 heteroatoms. The molecule has 1 aliphatic heterocycles. The van der Waals surface area contributed by atoms with Gasteiger partial charge in [0.25, 0.3) is 0 Å². The molecule has 1 aliphatic rings. The zero-order valence-corrected chi connectivity index (χ0v) is 10.2. The first-order valence-electron chi connectivity index (χ1n) is 5.46. The summed E-state index contributed by atoms with van der Waals surface area (Å²) in [5.41, 5.74) is 7.08. The Balaban J connectivity index is 2.27. The molecule has 2 heterocycles. The summed E-state index contributed by atoms with van der Waals surface area (Å²) in [4.78, 5) is 5.95. The van der Waals surface area contributed by atoms with Crippen molar-refractivity contribution in [3.05, 3.63) is 15.6 Å². The first-order chi connectivity index (χ1) is 7.22. The van der Waals surface area contributed by atoms with Gasteiger partial charge >= 0.3 is 0 Å². The molecule has 1 saturated heterocycles. The van der Waals surface area contributed by atoms with Gasteiger partial charge in [0.05, 0.1) is 29.3 Å². The fourth-order valence-corrected chi connectivity index (χ4v) is 3.29. The smallest absolute Gasteiger partial charge is 0.0931 e. The summed E-state index contributed by atoms with van der Waals surface area (Å²) in [5.74, 6) is 0. The van der Waals surface area contributed by atoms with Gasteiger partial charge in [0.15, 0.2) is 0 Å². The summed E-state index contributed by atoms with van der Waals surface area (Å²) >= 11 is 1.82. The highest BCUT2D eigenvalue weighted by atomic mass is 32.1. The van der Waals surface area contributed by atoms with E-state index in [4.69, 9.17) is 10.5 Å².